The highest BCUT2D eigenvalue weighted by Crippen LogP contribution is 2.34. The Morgan fingerprint density at radius 3 is 2.66 bits per heavy atom. The molecule has 8 heteroatoms. The number of aromatic nitrogens is 3. The second-order valence-electron chi connectivity index (χ2n) is 6.78. The van der Waals surface area contributed by atoms with Gasteiger partial charge in [-0.1, -0.05) is 12.1 Å². The average molecular weight is 400 g/mol. The van der Waals surface area contributed by atoms with Gasteiger partial charge in [0.1, 0.15) is 17.8 Å². The molecule has 2 N–H and O–H groups in total. The zero-order valence-corrected chi connectivity index (χ0v) is 15.8. The van der Waals surface area contributed by atoms with Gasteiger partial charge in [-0.25, -0.2) is 0 Å². The Hall–Kier alpha value is -3.42. The highest BCUT2D eigenvalue weighted by atomic mass is 19.4. The highest BCUT2D eigenvalue weighted by Gasteiger charge is 2.28. The van der Waals surface area contributed by atoms with Crippen molar-refractivity contribution in [1.82, 2.24) is 14.8 Å². The van der Waals surface area contributed by atoms with E-state index in [1.54, 1.807) is 25.3 Å². The van der Waals surface area contributed by atoms with Crippen molar-refractivity contribution in [2.24, 2.45) is 0 Å². The first-order chi connectivity index (χ1) is 13.8. The van der Waals surface area contributed by atoms with Crippen LogP contribution in [0, 0.1) is 6.92 Å². The van der Waals surface area contributed by atoms with E-state index in [2.05, 4.69) is 15.4 Å². The molecule has 0 spiro atoms. The van der Waals surface area contributed by atoms with Crippen LogP contribution >= 0.6 is 0 Å². The van der Waals surface area contributed by atoms with Crippen LogP contribution in [-0.4, -0.2) is 28.1 Å². The zero-order chi connectivity index (χ0) is 20.6. The fourth-order valence-corrected chi connectivity index (χ4v) is 3.27. The fourth-order valence-electron chi connectivity index (χ4n) is 3.27. The molecule has 2 heterocycles. The second kappa shape index (κ2) is 7.20. The number of hydrogen-bond acceptors (Lipinski definition) is 3. The van der Waals surface area contributed by atoms with E-state index in [9.17, 15) is 13.2 Å². The molecular weight excluding hydrogens is 381 g/mol. The quantitative estimate of drug-likeness (QED) is 0.455. The van der Waals surface area contributed by atoms with Crippen molar-refractivity contribution in [1.29, 1.82) is 0 Å². The monoisotopic (exact) mass is 400 g/mol. The van der Waals surface area contributed by atoms with E-state index < -0.39 is 12.7 Å². The lowest BCUT2D eigenvalue weighted by molar-refractivity contribution is -0.142. The summed E-state index contributed by atoms with van der Waals surface area (Å²) in [5.41, 5.74) is 4.74. The molecular formula is C21H19F3N4O. The maximum absolute atomic E-state index is 12.7. The number of nitrogens with one attached hydrogen (secondary N) is 2. The Bertz CT molecular complexity index is 1160. The minimum absolute atomic E-state index is 0.472. The maximum atomic E-state index is 12.7. The van der Waals surface area contributed by atoms with Crippen molar-refractivity contribution in [2.45, 2.75) is 19.6 Å². The summed E-state index contributed by atoms with van der Waals surface area (Å²) in [6.07, 6.45) is -2.93. The van der Waals surface area contributed by atoms with Gasteiger partial charge in [-0.15, -0.1) is 0 Å². The van der Waals surface area contributed by atoms with E-state index in [-0.39, 0.29) is 0 Å². The molecule has 4 aromatic rings. The van der Waals surface area contributed by atoms with Crippen LogP contribution in [0.15, 0.2) is 54.7 Å². The number of anilines is 2. The van der Waals surface area contributed by atoms with Gasteiger partial charge in [0, 0.05) is 40.3 Å². The molecule has 0 unspecified atom stereocenters. The van der Waals surface area contributed by atoms with Crippen molar-refractivity contribution in [3.05, 3.63) is 60.4 Å². The molecule has 0 aliphatic carbocycles. The maximum Gasteiger partial charge on any atom is 0.408 e. The van der Waals surface area contributed by atoms with Crippen LogP contribution in [0.4, 0.5) is 24.5 Å². The lowest BCUT2D eigenvalue weighted by Gasteiger charge is -2.12. The molecule has 2 aromatic carbocycles. The third-order valence-corrected chi connectivity index (χ3v) is 4.53. The van der Waals surface area contributed by atoms with Crippen molar-refractivity contribution >= 4 is 22.3 Å². The van der Waals surface area contributed by atoms with Crippen molar-refractivity contribution in [3.8, 4) is 17.0 Å². The van der Waals surface area contributed by atoms with Gasteiger partial charge in [-0.05, 0) is 37.3 Å². The van der Waals surface area contributed by atoms with Crippen molar-refractivity contribution in [2.75, 3.05) is 12.4 Å². The molecule has 29 heavy (non-hydrogen) atoms. The molecule has 0 bridgehead atoms. The van der Waals surface area contributed by atoms with Gasteiger partial charge in [-0.3, -0.25) is 4.68 Å². The van der Waals surface area contributed by atoms with Gasteiger partial charge in [-0.2, -0.15) is 18.3 Å². The number of aryl methyl sites for hydroxylation is 1. The Morgan fingerprint density at radius 2 is 1.97 bits per heavy atom. The number of halogens is 3. The normalized spacial score (nSPS) is 11.8. The largest absolute Gasteiger partial charge is 0.496 e. The molecule has 2 aromatic heterocycles. The van der Waals surface area contributed by atoms with Crippen LogP contribution < -0.4 is 10.1 Å². The number of H-pyrrole nitrogens is 1. The summed E-state index contributed by atoms with van der Waals surface area (Å²) in [6.45, 7) is 0.851. The zero-order valence-electron chi connectivity index (χ0n) is 15.8. The summed E-state index contributed by atoms with van der Waals surface area (Å²) in [7, 11) is 1.60. The number of rotatable bonds is 5. The molecule has 0 aliphatic heterocycles. The first-order valence-corrected chi connectivity index (χ1v) is 8.96. The molecule has 0 saturated heterocycles. The van der Waals surface area contributed by atoms with Crippen LogP contribution in [0.5, 0.6) is 5.75 Å². The number of fused-ring (bicyclic) bond motifs is 1. The number of hydrogen-bond donors (Lipinski definition) is 2. The van der Waals surface area contributed by atoms with E-state index in [4.69, 9.17) is 4.74 Å². The van der Waals surface area contributed by atoms with Gasteiger partial charge in [0.05, 0.1) is 12.8 Å². The van der Waals surface area contributed by atoms with Crippen LogP contribution in [0.1, 0.15) is 5.69 Å². The van der Waals surface area contributed by atoms with Gasteiger partial charge >= 0.3 is 6.18 Å². The van der Waals surface area contributed by atoms with Gasteiger partial charge in [0.25, 0.3) is 0 Å². The number of ether oxygens (including phenoxy) is 1. The van der Waals surface area contributed by atoms with E-state index in [1.807, 2.05) is 37.3 Å². The van der Waals surface area contributed by atoms with Crippen LogP contribution in [0.2, 0.25) is 0 Å². The number of benzene rings is 2. The molecule has 4 rings (SSSR count). The number of alkyl halides is 3. The van der Waals surface area contributed by atoms with Crippen LogP contribution in [0.25, 0.3) is 22.2 Å². The summed E-state index contributed by atoms with van der Waals surface area (Å²) < 4.78 is 44.5. The average Bonchev–Trinajstić information content (AvgIpc) is 3.26. The molecule has 0 radical (unpaired) electrons. The lowest BCUT2D eigenvalue weighted by atomic mass is 10.1. The predicted octanol–water partition coefficient (Wildman–Crippen LogP) is 5.65. The van der Waals surface area contributed by atoms with E-state index in [0.717, 1.165) is 27.3 Å². The second-order valence-corrected chi connectivity index (χ2v) is 6.78. The SMILES string of the molecule is COc1cc(Nc2cccc3cn(CC(F)(F)F)nc23)ccc1-c1ccc(C)[nH]1. The standard InChI is InChI=1S/C21H19F3N4O/c1-13-6-9-17(25-13)16-8-7-15(10-19(16)29-2)26-18-5-3-4-14-11-28(27-20(14)18)12-21(22,23)24/h3-11,25-26H,12H2,1-2H3. The molecule has 0 fully saturated rings. The Balaban J connectivity index is 1.66. The topological polar surface area (TPSA) is 54.9 Å². The number of aromatic amines is 1. The van der Waals surface area contributed by atoms with Crippen LogP contribution in [-0.2, 0) is 6.54 Å². The Morgan fingerprint density at radius 1 is 1.14 bits per heavy atom. The third kappa shape index (κ3) is 4.06. The third-order valence-electron chi connectivity index (χ3n) is 4.53. The summed E-state index contributed by atoms with van der Waals surface area (Å²) in [5, 5.41) is 7.97. The minimum atomic E-state index is -4.32. The minimum Gasteiger partial charge on any atom is -0.496 e. The summed E-state index contributed by atoms with van der Waals surface area (Å²) >= 11 is 0. The predicted molar refractivity (Wildman–Crippen MR) is 107 cm³/mol. The number of methoxy groups -OCH3 is 1. The molecule has 0 amide bonds. The van der Waals surface area contributed by atoms with E-state index >= 15 is 0 Å². The van der Waals surface area contributed by atoms with E-state index in [0.29, 0.717) is 22.3 Å². The van der Waals surface area contributed by atoms with Crippen molar-refractivity contribution < 1.29 is 17.9 Å². The van der Waals surface area contributed by atoms with E-state index in [1.165, 1.54) is 6.20 Å². The first kappa shape index (κ1) is 18.9. The highest BCUT2D eigenvalue weighted by molar-refractivity contribution is 5.92. The Labute approximate surface area is 165 Å². The van der Waals surface area contributed by atoms with Crippen molar-refractivity contribution in [3.63, 3.8) is 0 Å². The van der Waals surface area contributed by atoms with Crippen LogP contribution in [0.3, 0.4) is 0 Å². The summed E-state index contributed by atoms with van der Waals surface area (Å²) in [6, 6.07) is 14.9. The molecule has 0 atom stereocenters. The lowest BCUT2D eigenvalue weighted by Crippen LogP contribution is -2.17. The fraction of sp³-hybridized carbons (Fsp3) is 0.190. The molecule has 0 aliphatic rings. The molecule has 5 nitrogen and oxygen atoms in total. The van der Waals surface area contributed by atoms with Gasteiger partial charge < -0.3 is 15.0 Å². The number of nitrogens with zero attached hydrogens (tertiary/aromatic N) is 2. The molecule has 150 valence electrons. The molecule has 0 saturated carbocycles. The summed E-state index contributed by atoms with van der Waals surface area (Å²) in [4.78, 5) is 3.28. The van der Waals surface area contributed by atoms with Gasteiger partial charge in [0.15, 0.2) is 0 Å². The Kier molecular flexibility index (Phi) is 4.70. The smallest absolute Gasteiger partial charge is 0.408 e. The first-order valence-electron chi connectivity index (χ1n) is 8.96. The summed E-state index contributed by atoms with van der Waals surface area (Å²) in [5.74, 6) is 0.673. The van der Waals surface area contributed by atoms with Gasteiger partial charge in [0.2, 0.25) is 0 Å².